The van der Waals surface area contributed by atoms with Gasteiger partial charge in [0.15, 0.2) is 0 Å². The molecule has 0 aromatic rings. The second kappa shape index (κ2) is 11.3. The van der Waals surface area contributed by atoms with Crippen LogP contribution in [0.5, 0.6) is 0 Å². The molecule has 0 radical (unpaired) electrons. The third-order valence-electron chi connectivity index (χ3n) is 6.30. The van der Waals surface area contributed by atoms with E-state index < -0.39 is 40.3 Å². The van der Waals surface area contributed by atoms with Gasteiger partial charge in [-0.2, -0.15) is 8.42 Å². The van der Waals surface area contributed by atoms with Crippen LogP contribution in [0, 0.1) is 11.8 Å². The summed E-state index contributed by atoms with van der Waals surface area (Å²) in [5, 5.41) is 15.0. The highest BCUT2D eigenvalue weighted by Gasteiger charge is 2.60. The van der Waals surface area contributed by atoms with E-state index in [-0.39, 0.29) is 48.5 Å². The van der Waals surface area contributed by atoms with E-state index in [2.05, 4.69) is 4.72 Å². The summed E-state index contributed by atoms with van der Waals surface area (Å²) in [7, 11) is -2.72. The molecule has 3 rings (SSSR count). The molecule has 3 heterocycles. The summed E-state index contributed by atoms with van der Waals surface area (Å²) in [5.74, 6) is -1.83. The van der Waals surface area contributed by atoms with Crippen molar-refractivity contribution in [2.45, 2.75) is 43.7 Å². The average molecular weight is 645 g/mol. The first-order valence-electron chi connectivity index (χ1n) is 10.9. The third-order valence-corrected chi connectivity index (χ3v) is 8.87. The van der Waals surface area contributed by atoms with Gasteiger partial charge in [0.1, 0.15) is 12.3 Å². The number of carbonyl (C=O) groups is 3. The molecule has 3 aliphatic heterocycles. The van der Waals surface area contributed by atoms with Crippen LogP contribution in [0.1, 0.15) is 20.3 Å². The number of hydrogen-bond acceptors (Lipinski definition) is 9. The Balaban J connectivity index is 1.86. The number of rotatable bonds is 9. The number of halogens is 1. The van der Waals surface area contributed by atoms with Crippen LogP contribution in [-0.2, 0) is 29.3 Å². The number of aliphatic hydroxyl groups is 1. The van der Waals surface area contributed by atoms with Crippen molar-refractivity contribution in [1.82, 2.24) is 14.5 Å². The number of hydrogen-bond donors (Lipinski definition) is 3. The van der Waals surface area contributed by atoms with Gasteiger partial charge in [0.2, 0.25) is 5.91 Å². The molecule has 6 atom stereocenters. The first-order chi connectivity index (χ1) is 16.4. The highest BCUT2D eigenvalue weighted by molar-refractivity contribution is 14.1. The second-order valence-electron chi connectivity index (χ2n) is 8.57. The minimum absolute atomic E-state index is 0.0466. The zero-order chi connectivity index (χ0) is 26.1. The lowest BCUT2D eigenvalue weighted by molar-refractivity contribution is -0.164. The van der Waals surface area contributed by atoms with Gasteiger partial charge in [0.05, 0.1) is 25.2 Å². The van der Waals surface area contributed by atoms with Gasteiger partial charge in [-0.1, -0.05) is 29.5 Å². The van der Waals surface area contributed by atoms with E-state index >= 15 is 0 Å². The van der Waals surface area contributed by atoms with Crippen LogP contribution < -0.4 is 9.86 Å². The number of nitrogens with one attached hydrogen (secondary N) is 1. The lowest BCUT2D eigenvalue weighted by atomic mass is 9.79. The van der Waals surface area contributed by atoms with Gasteiger partial charge in [-0.15, -0.1) is 11.8 Å². The quantitative estimate of drug-likeness (QED) is 0.182. The molecule has 0 spiro atoms. The van der Waals surface area contributed by atoms with Crippen molar-refractivity contribution in [2.75, 3.05) is 26.8 Å². The summed E-state index contributed by atoms with van der Waals surface area (Å²) in [6.45, 7) is 3.64. The SMILES string of the molecule is COC(=O)N1C[C@@H](SC2=C(C(=O)OCC=CI)N3C(=O)[C@H]([C@@H](C)O)[C@H]3[C@H]2C)C[C@H]1CNS(N)(=O)=O. The van der Waals surface area contributed by atoms with E-state index in [1.807, 2.05) is 29.5 Å². The lowest BCUT2D eigenvalue weighted by Crippen LogP contribution is -2.63. The fourth-order valence-corrected chi connectivity index (χ4v) is 6.98. The van der Waals surface area contributed by atoms with E-state index in [9.17, 15) is 27.9 Å². The van der Waals surface area contributed by atoms with Gasteiger partial charge in [0, 0.05) is 35.2 Å². The number of amides is 2. The topological polar surface area (TPSA) is 169 Å². The molecule has 0 aromatic carbocycles. The summed E-state index contributed by atoms with van der Waals surface area (Å²) in [5.41, 5.74) is 0.159. The number of β-lactam (4-membered cyclic amide) rings is 1. The molecule has 196 valence electrons. The van der Waals surface area contributed by atoms with Gasteiger partial charge in [-0.3, -0.25) is 4.79 Å². The number of nitrogens with two attached hydrogens (primary N) is 1. The number of carbonyl (C=O) groups excluding carboxylic acids is 3. The van der Waals surface area contributed by atoms with Crippen LogP contribution in [0.25, 0.3) is 0 Å². The van der Waals surface area contributed by atoms with Crippen molar-refractivity contribution in [3.05, 3.63) is 20.8 Å². The normalized spacial score (nSPS) is 29.4. The fourth-order valence-electron chi connectivity index (χ4n) is 4.78. The van der Waals surface area contributed by atoms with E-state index in [1.54, 1.807) is 17.1 Å². The number of methoxy groups -OCH3 is 1. The van der Waals surface area contributed by atoms with E-state index in [1.165, 1.54) is 28.7 Å². The van der Waals surface area contributed by atoms with Crippen molar-refractivity contribution in [3.63, 3.8) is 0 Å². The molecule has 0 bridgehead atoms. The number of esters is 1. The Labute approximate surface area is 221 Å². The zero-order valence-corrected chi connectivity index (χ0v) is 23.2. The van der Waals surface area contributed by atoms with Crippen LogP contribution in [0.4, 0.5) is 4.79 Å². The summed E-state index contributed by atoms with van der Waals surface area (Å²) < 4.78 is 36.8. The molecule has 4 N–H and O–H groups in total. The summed E-state index contributed by atoms with van der Waals surface area (Å²) in [6, 6.07) is -0.880. The second-order valence-corrected chi connectivity index (χ2v) is 12.0. The first-order valence-corrected chi connectivity index (χ1v) is 14.5. The average Bonchev–Trinajstić information content (AvgIpc) is 3.28. The Morgan fingerprint density at radius 1 is 1.43 bits per heavy atom. The molecule has 15 heteroatoms. The molecule has 0 aliphatic carbocycles. The minimum Gasteiger partial charge on any atom is -0.457 e. The molecule has 2 saturated heterocycles. The summed E-state index contributed by atoms with van der Waals surface area (Å²) in [4.78, 5) is 41.6. The Kier molecular flexibility index (Phi) is 9.12. The fraction of sp³-hybridized carbons (Fsp3) is 0.650. The molecule has 3 aliphatic rings. The number of thioether (sulfide) groups is 1. The molecule has 12 nitrogen and oxygen atoms in total. The number of ether oxygens (including phenoxy) is 2. The first kappa shape index (κ1) is 28.2. The number of nitrogens with zero attached hydrogens (tertiary/aromatic N) is 2. The molecule has 0 aromatic heterocycles. The largest absolute Gasteiger partial charge is 0.457 e. The maximum Gasteiger partial charge on any atom is 0.409 e. The summed E-state index contributed by atoms with van der Waals surface area (Å²) >= 11 is 3.36. The molecule has 0 saturated carbocycles. The van der Waals surface area contributed by atoms with E-state index in [4.69, 9.17) is 14.6 Å². The maximum atomic E-state index is 13.0. The van der Waals surface area contributed by atoms with Crippen molar-refractivity contribution >= 4 is 62.5 Å². The minimum atomic E-state index is -3.95. The third kappa shape index (κ3) is 5.95. The number of aliphatic hydroxyl groups excluding tert-OH is 1. The predicted molar refractivity (Wildman–Crippen MR) is 136 cm³/mol. The van der Waals surface area contributed by atoms with Crippen molar-refractivity contribution < 1.29 is 37.4 Å². The monoisotopic (exact) mass is 644 g/mol. The van der Waals surface area contributed by atoms with Gasteiger partial charge in [-0.05, 0) is 23.5 Å². The Bertz CT molecular complexity index is 1030. The number of fused-ring (bicyclic) bond motifs is 1. The maximum absolute atomic E-state index is 13.0. The highest BCUT2D eigenvalue weighted by Crippen LogP contribution is 2.52. The Hall–Kier alpha value is -1.40. The van der Waals surface area contributed by atoms with Crippen LogP contribution in [0.3, 0.4) is 0 Å². The molecule has 0 unspecified atom stereocenters. The van der Waals surface area contributed by atoms with Gasteiger partial charge >= 0.3 is 12.1 Å². The smallest absolute Gasteiger partial charge is 0.409 e. The molecule has 35 heavy (non-hydrogen) atoms. The van der Waals surface area contributed by atoms with Gasteiger partial charge < -0.3 is 24.4 Å². The van der Waals surface area contributed by atoms with Gasteiger partial charge in [0.25, 0.3) is 10.2 Å². The molecular formula is C20H29IN4O8S2. The summed E-state index contributed by atoms with van der Waals surface area (Å²) in [6.07, 6.45) is 0.578. The molecule has 2 amide bonds. The zero-order valence-electron chi connectivity index (χ0n) is 19.4. The predicted octanol–water partition coefficient (Wildman–Crippen LogP) is 0.283. The Morgan fingerprint density at radius 2 is 2.11 bits per heavy atom. The molecular weight excluding hydrogens is 615 g/mol. The number of likely N-dealkylation sites (tertiary alicyclic amines) is 1. The van der Waals surface area contributed by atoms with E-state index in [0.717, 1.165) is 0 Å². The van der Waals surface area contributed by atoms with Crippen molar-refractivity contribution in [1.29, 1.82) is 0 Å². The highest BCUT2D eigenvalue weighted by atomic mass is 127. The lowest BCUT2D eigenvalue weighted by Gasteiger charge is -2.46. The molecule has 2 fully saturated rings. The van der Waals surface area contributed by atoms with Gasteiger partial charge in [-0.25, -0.2) is 19.5 Å². The standard InChI is InChI=1S/C20H29IN4O8S2/c1-10-15-14(11(2)26)18(27)25(15)16(19(28)33-6-4-5-21)17(10)34-13-7-12(8-23-35(22,30)31)24(9-13)20(29)32-3/h4-5,10-15,23,26H,6-9H2,1-3H3,(H2,22,30,31)/t10-,11-,12+,13+,14-,15-/m1/s1. The van der Waals surface area contributed by atoms with Crippen molar-refractivity contribution in [2.24, 2.45) is 17.0 Å². The van der Waals surface area contributed by atoms with Crippen LogP contribution in [0.15, 0.2) is 20.8 Å². The van der Waals surface area contributed by atoms with Crippen LogP contribution in [-0.4, -0.2) is 91.5 Å². The van der Waals surface area contributed by atoms with Crippen LogP contribution >= 0.6 is 34.4 Å². The Morgan fingerprint density at radius 3 is 2.69 bits per heavy atom. The van der Waals surface area contributed by atoms with Crippen molar-refractivity contribution in [3.8, 4) is 0 Å². The van der Waals surface area contributed by atoms with E-state index in [0.29, 0.717) is 11.3 Å². The van der Waals surface area contributed by atoms with Crippen LogP contribution in [0.2, 0.25) is 0 Å².